The normalized spacial score (nSPS) is 18.0. The first-order chi connectivity index (χ1) is 22.8. The van der Waals surface area contributed by atoms with Crippen LogP contribution in [0.3, 0.4) is 0 Å². The Balaban J connectivity index is 1.29. The highest BCUT2D eigenvalue weighted by molar-refractivity contribution is 6.00. The van der Waals surface area contributed by atoms with Crippen LogP contribution >= 0.6 is 0 Å². The number of hydrogen-bond donors (Lipinski definition) is 4. The quantitative estimate of drug-likeness (QED) is 0.158. The maximum absolute atomic E-state index is 13.7. The second-order valence-corrected chi connectivity index (χ2v) is 12.3. The molecule has 0 bridgehead atoms. The van der Waals surface area contributed by atoms with E-state index < -0.39 is 12.1 Å². The zero-order chi connectivity index (χ0) is 33.2. The predicted octanol–water partition coefficient (Wildman–Crippen LogP) is 5.36. The Morgan fingerprint density at radius 2 is 1.57 bits per heavy atom. The van der Waals surface area contributed by atoms with Crippen LogP contribution in [-0.2, 0) is 11.2 Å². The fraction of sp³-hybridized carbons (Fsp3) is 0.333. The number of hydrogen-bond acceptors (Lipinski definition) is 6. The van der Waals surface area contributed by atoms with E-state index in [-0.39, 0.29) is 36.4 Å². The molecule has 1 heterocycles. The molecule has 1 fully saturated rings. The molecule has 0 aromatic heterocycles. The molecule has 4 aromatic carbocycles. The lowest BCUT2D eigenvalue weighted by atomic mass is 9.87. The number of nitrogens with one attached hydrogen (secondary N) is 3. The summed E-state index contributed by atoms with van der Waals surface area (Å²) in [4.78, 5) is 26.9. The van der Waals surface area contributed by atoms with E-state index in [2.05, 4.69) is 28.1 Å². The molecule has 1 aliphatic rings. The molecule has 4 N–H and O–H groups in total. The van der Waals surface area contributed by atoms with Gasteiger partial charge in [-0.1, -0.05) is 72.8 Å². The van der Waals surface area contributed by atoms with Crippen LogP contribution in [0.15, 0.2) is 103 Å². The maximum atomic E-state index is 13.7. The van der Waals surface area contributed by atoms with E-state index in [1.54, 1.807) is 25.3 Å². The van der Waals surface area contributed by atoms with Crippen molar-refractivity contribution in [2.75, 3.05) is 26.9 Å². The van der Waals surface area contributed by atoms with Gasteiger partial charge in [0, 0.05) is 36.2 Å². The summed E-state index contributed by atoms with van der Waals surface area (Å²) in [6, 6.07) is 31.9. The first-order valence-electron chi connectivity index (χ1n) is 16.3. The standard InChI is InChI=1S/C39H45N3O5/c1-26-19-31(38(44)41-27(2)29-13-8-5-9-14-29)22-32(20-26)39(45)42-35(21-28-11-6-4-7-12-28)37(43)24-40-36-25-47-18-17-34(36)30-15-10-16-33(23-30)46-3/h4-16,19-20,22-23,27,34-37,40,43H,17-18,21,24-25H2,1-3H3,(H,41,44)(H,42,45)/t27-,34?,35+,36?,37-/m1/s1. The molecule has 5 atom stereocenters. The number of methoxy groups -OCH3 is 1. The van der Waals surface area contributed by atoms with Crippen molar-refractivity contribution in [1.29, 1.82) is 0 Å². The number of carbonyl (C=O) groups excluding carboxylic acids is 2. The molecule has 2 amide bonds. The Labute approximate surface area is 277 Å². The minimum Gasteiger partial charge on any atom is -0.497 e. The summed E-state index contributed by atoms with van der Waals surface area (Å²) in [5.74, 6) is 0.383. The van der Waals surface area contributed by atoms with Crippen molar-refractivity contribution < 1.29 is 24.2 Å². The highest BCUT2D eigenvalue weighted by Gasteiger charge is 2.30. The average molecular weight is 636 g/mol. The fourth-order valence-electron chi connectivity index (χ4n) is 6.18. The number of benzene rings is 4. The number of aryl methyl sites for hydroxylation is 1. The van der Waals surface area contributed by atoms with E-state index >= 15 is 0 Å². The third-order valence-electron chi connectivity index (χ3n) is 8.80. The van der Waals surface area contributed by atoms with E-state index in [1.165, 1.54) is 0 Å². The van der Waals surface area contributed by atoms with Gasteiger partial charge >= 0.3 is 0 Å². The second kappa shape index (κ2) is 16.4. The lowest BCUT2D eigenvalue weighted by molar-refractivity contribution is 0.0468. The summed E-state index contributed by atoms with van der Waals surface area (Å²) >= 11 is 0. The highest BCUT2D eigenvalue weighted by Crippen LogP contribution is 2.30. The fourth-order valence-corrected chi connectivity index (χ4v) is 6.18. The number of ether oxygens (including phenoxy) is 2. The van der Waals surface area contributed by atoms with Gasteiger partial charge in [0.1, 0.15) is 5.75 Å². The summed E-state index contributed by atoms with van der Waals surface area (Å²) < 4.78 is 11.3. The molecule has 246 valence electrons. The Morgan fingerprint density at radius 3 is 2.28 bits per heavy atom. The number of aliphatic hydroxyl groups is 1. The maximum Gasteiger partial charge on any atom is 0.251 e. The van der Waals surface area contributed by atoms with Gasteiger partial charge in [-0.15, -0.1) is 0 Å². The van der Waals surface area contributed by atoms with Crippen LogP contribution in [0.1, 0.15) is 68.3 Å². The molecule has 2 unspecified atom stereocenters. The van der Waals surface area contributed by atoms with Crippen LogP contribution in [0.2, 0.25) is 0 Å². The molecule has 1 saturated heterocycles. The molecule has 0 saturated carbocycles. The van der Waals surface area contributed by atoms with Crippen molar-refractivity contribution in [3.63, 3.8) is 0 Å². The number of amides is 2. The Hall–Kier alpha value is -4.50. The van der Waals surface area contributed by atoms with Crippen molar-refractivity contribution in [2.24, 2.45) is 0 Å². The lowest BCUT2D eigenvalue weighted by Crippen LogP contribution is -2.52. The van der Waals surface area contributed by atoms with E-state index in [0.717, 1.165) is 34.4 Å². The van der Waals surface area contributed by atoms with Crippen LogP contribution < -0.4 is 20.7 Å². The van der Waals surface area contributed by atoms with Gasteiger partial charge in [0.15, 0.2) is 0 Å². The van der Waals surface area contributed by atoms with Gasteiger partial charge in [-0.2, -0.15) is 0 Å². The highest BCUT2D eigenvalue weighted by atomic mass is 16.5. The monoisotopic (exact) mass is 635 g/mol. The van der Waals surface area contributed by atoms with Crippen molar-refractivity contribution in [2.45, 2.75) is 56.8 Å². The minimum absolute atomic E-state index is 0.0188. The minimum atomic E-state index is -0.897. The van der Waals surface area contributed by atoms with Gasteiger partial charge in [0.25, 0.3) is 11.8 Å². The summed E-state index contributed by atoms with van der Waals surface area (Å²) in [5, 5.41) is 21.2. The summed E-state index contributed by atoms with van der Waals surface area (Å²) in [6.45, 7) is 5.22. The van der Waals surface area contributed by atoms with Gasteiger partial charge in [0.05, 0.1) is 31.9 Å². The third kappa shape index (κ3) is 9.29. The van der Waals surface area contributed by atoms with Crippen LogP contribution in [0, 0.1) is 6.92 Å². The molecule has 0 radical (unpaired) electrons. The van der Waals surface area contributed by atoms with Crippen LogP contribution in [0.25, 0.3) is 0 Å². The Morgan fingerprint density at radius 1 is 0.894 bits per heavy atom. The van der Waals surface area contributed by atoms with E-state index in [0.29, 0.717) is 30.8 Å². The molecule has 47 heavy (non-hydrogen) atoms. The smallest absolute Gasteiger partial charge is 0.251 e. The first kappa shape index (κ1) is 33.9. The zero-order valence-electron chi connectivity index (χ0n) is 27.3. The third-order valence-corrected chi connectivity index (χ3v) is 8.80. The molecule has 8 nitrogen and oxygen atoms in total. The molecular weight excluding hydrogens is 590 g/mol. The molecule has 5 rings (SSSR count). The van der Waals surface area contributed by atoms with E-state index in [4.69, 9.17) is 9.47 Å². The largest absolute Gasteiger partial charge is 0.497 e. The summed E-state index contributed by atoms with van der Waals surface area (Å²) in [7, 11) is 1.66. The van der Waals surface area contributed by atoms with Gasteiger partial charge in [0.2, 0.25) is 0 Å². The van der Waals surface area contributed by atoms with Crippen molar-refractivity contribution in [3.05, 3.63) is 137 Å². The van der Waals surface area contributed by atoms with Crippen LogP contribution in [0.5, 0.6) is 5.75 Å². The van der Waals surface area contributed by atoms with Crippen LogP contribution in [0.4, 0.5) is 0 Å². The van der Waals surface area contributed by atoms with E-state index in [9.17, 15) is 14.7 Å². The Kier molecular flexibility index (Phi) is 11.8. The number of carbonyl (C=O) groups is 2. The zero-order valence-corrected chi connectivity index (χ0v) is 27.3. The Bertz CT molecular complexity index is 1610. The summed E-state index contributed by atoms with van der Waals surface area (Å²) in [5.41, 5.74) is 4.70. The lowest BCUT2D eigenvalue weighted by Gasteiger charge is -2.34. The van der Waals surface area contributed by atoms with E-state index in [1.807, 2.05) is 86.6 Å². The average Bonchev–Trinajstić information content (AvgIpc) is 3.11. The van der Waals surface area contributed by atoms with Gasteiger partial charge in [-0.3, -0.25) is 9.59 Å². The number of rotatable bonds is 13. The first-order valence-corrected chi connectivity index (χ1v) is 16.3. The second-order valence-electron chi connectivity index (χ2n) is 12.3. The predicted molar refractivity (Wildman–Crippen MR) is 184 cm³/mol. The van der Waals surface area contributed by atoms with Crippen molar-refractivity contribution in [1.82, 2.24) is 16.0 Å². The van der Waals surface area contributed by atoms with Gasteiger partial charge < -0.3 is 30.5 Å². The number of aliphatic hydroxyl groups excluding tert-OH is 1. The molecule has 4 aromatic rings. The molecular formula is C39H45N3O5. The molecule has 8 heteroatoms. The topological polar surface area (TPSA) is 109 Å². The van der Waals surface area contributed by atoms with Gasteiger partial charge in [-0.25, -0.2) is 0 Å². The molecule has 0 spiro atoms. The van der Waals surface area contributed by atoms with Crippen LogP contribution in [-0.4, -0.2) is 62.0 Å². The van der Waals surface area contributed by atoms with Crippen molar-refractivity contribution in [3.8, 4) is 5.75 Å². The summed E-state index contributed by atoms with van der Waals surface area (Å²) in [6.07, 6.45) is 0.383. The SMILES string of the molecule is COc1cccc(C2CCOCC2NC[C@@H](O)[C@H](Cc2ccccc2)NC(=O)c2cc(C)cc(C(=O)N[C@H](C)c3ccccc3)c2)c1. The van der Waals surface area contributed by atoms with Crippen molar-refractivity contribution >= 4 is 11.8 Å². The van der Waals surface area contributed by atoms with Gasteiger partial charge in [-0.05, 0) is 79.3 Å². The molecule has 0 aliphatic carbocycles. The molecule has 1 aliphatic heterocycles.